The van der Waals surface area contributed by atoms with Crippen molar-refractivity contribution in [2.45, 2.75) is 25.8 Å². The molecule has 0 bridgehead atoms. The number of nitrogens with two attached hydrogens (primary N) is 1. The van der Waals surface area contributed by atoms with Gasteiger partial charge in [0, 0.05) is 6.04 Å². The van der Waals surface area contributed by atoms with E-state index in [4.69, 9.17) is 5.73 Å². The molecule has 1 aromatic rings. The third kappa shape index (κ3) is 3.24. The van der Waals surface area contributed by atoms with Gasteiger partial charge in [-0.3, -0.25) is 0 Å². The summed E-state index contributed by atoms with van der Waals surface area (Å²) in [5, 5.41) is 0. The Hall–Kier alpha value is -0.670. The summed E-state index contributed by atoms with van der Waals surface area (Å²) in [6, 6.07) is 3.61. The van der Waals surface area contributed by atoms with Crippen LogP contribution < -0.4 is 5.73 Å². The van der Waals surface area contributed by atoms with E-state index in [1.165, 1.54) is 6.07 Å². The Morgan fingerprint density at radius 3 is 2.43 bits per heavy atom. The van der Waals surface area contributed by atoms with E-state index >= 15 is 0 Å². The first-order valence-electron chi connectivity index (χ1n) is 4.35. The van der Waals surface area contributed by atoms with Gasteiger partial charge in [-0.2, -0.15) is 0 Å². The van der Waals surface area contributed by atoms with E-state index < -0.39 is 11.6 Å². The second-order valence-corrected chi connectivity index (χ2v) is 3.07. The molecule has 0 saturated carbocycles. The van der Waals surface area contributed by atoms with E-state index in [0.717, 1.165) is 25.0 Å². The molecule has 0 saturated heterocycles. The normalized spacial score (nSPS) is 12.0. The topological polar surface area (TPSA) is 26.0 Å². The highest BCUT2D eigenvalue weighted by Gasteiger charge is 2.08. The van der Waals surface area contributed by atoms with Crippen molar-refractivity contribution in [3.8, 4) is 0 Å². The fourth-order valence-corrected chi connectivity index (χ4v) is 1.22. The van der Waals surface area contributed by atoms with Crippen molar-refractivity contribution >= 4 is 12.4 Å². The molecular weight excluding hydrogens is 208 g/mol. The first-order valence-corrected chi connectivity index (χ1v) is 4.35. The zero-order chi connectivity index (χ0) is 9.84. The van der Waals surface area contributed by atoms with Gasteiger partial charge in [0.2, 0.25) is 0 Å². The molecule has 4 heteroatoms. The second-order valence-electron chi connectivity index (χ2n) is 3.07. The molecule has 0 aliphatic heterocycles. The molecule has 1 atom stereocenters. The molecule has 2 N–H and O–H groups in total. The van der Waals surface area contributed by atoms with Crippen molar-refractivity contribution in [2.75, 3.05) is 0 Å². The summed E-state index contributed by atoms with van der Waals surface area (Å²) >= 11 is 0. The van der Waals surface area contributed by atoms with Crippen LogP contribution in [0.25, 0.3) is 0 Å². The van der Waals surface area contributed by atoms with Gasteiger partial charge in [-0.05, 0) is 24.1 Å². The lowest BCUT2D eigenvalue weighted by Crippen LogP contribution is -2.10. The predicted molar refractivity (Wildman–Crippen MR) is 55.4 cm³/mol. The molecule has 0 aromatic heterocycles. The first kappa shape index (κ1) is 13.3. The van der Waals surface area contributed by atoms with Gasteiger partial charge < -0.3 is 5.73 Å². The lowest BCUT2D eigenvalue weighted by molar-refractivity contribution is 0.504. The fraction of sp³-hybridized carbons (Fsp3) is 0.400. The minimum Gasteiger partial charge on any atom is -0.324 e. The van der Waals surface area contributed by atoms with Gasteiger partial charge in [0.05, 0.1) is 0 Å². The summed E-state index contributed by atoms with van der Waals surface area (Å²) in [6.07, 6.45) is 1.71. The smallest absolute Gasteiger partial charge is 0.159 e. The highest BCUT2D eigenvalue weighted by molar-refractivity contribution is 5.85. The van der Waals surface area contributed by atoms with Crippen molar-refractivity contribution in [1.82, 2.24) is 0 Å². The maximum absolute atomic E-state index is 12.7. The molecule has 1 aromatic carbocycles. The lowest BCUT2D eigenvalue weighted by Gasteiger charge is -2.10. The van der Waals surface area contributed by atoms with Gasteiger partial charge in [-0.15, -0.1) is 12.4 Å². The molecule has 0 unspecified atom stereocenters. The largest absolute Gasteiger partial charge is 0.324 e. The molecule has 0 aliphatic rings. The lowest BCUT2D eigenvalue weighted by atomic mass is 10.0. The zero-order valence-corrected chi connectivity index (χ0v) is 8.78. The zero-order valence-electron chi connectivity index (χ0n) is 7.97. The summed E-state index contributed by atoms with van der Waals surface area (Å²) in [5.74, 6) is -1.66. The third-order valence-corrected chi connectivity index (χ3v) is 1.97. The Balaban J connectivity index is 0.00000169. The van der Waals surface area contributed by atoms with Gasteiger partial charge >= 0.3 is 0 Å². The molecule has 0 spiro atoms. The van der Waals surface area contributed by atoms with Crippen LogP contribution in [0.5, 0.6) is 0 Å². The maximum atomic E-state index is 12.7. The molecule has 80 valence electrons. The summed E-state index contributed by atoms with van der Waals surface area (Å²) in [5.41, 5.74) is 6.39. The highest BCUT2D eigenvalue weighted by Crippen LogP contribution is 2.17. The Bertz CT molecular complexity index is 291. The maximum Gasteiger partial charge on any atom is 0.159 e. The Morgan fingerprint density at radius 1 is 1.29 bits per heavy atom. The van der Waals surface area contributed by atoms with Crippen LogP contribution >= 0.6 is 12.4 Å². The van der Waals surface area contributed by atoms with Crippen LogP contribution in [-0.2, 0) is 0 Å². The first-order chi connectivity index (χ1) is 6.15. The van der Waals surface area contributed by atoms with Crippen LogP contribution in [0.15, 0.2) is 18.2 Å². The fourth-order valence-electron chi connectivity index (χ4n) is 1.22. The van der Waals surface area contributed by atoms with E-state index in [1.807, 2.05) is 6.92 Å². The molecular formula is C10H14ClF2N. The average molecular weight is 222 g/mol. The minimum absolute atomic E-state index is 0. The van der Waals surface area contributed by atoms with E-state index in [0.29, 0.717) is 5.56 Å². The van der Waals surface area contributed by atoms with Gasteiger partial charge in [-0.25, -0.2) is 8.78 Å². The van der Waals surface area contributed by atoms with Gasteiger partial charge in [0.15, 0.2) is 11.6 Å². The van der Waals surface area contributed by atoms with Crippen LogP contribution in [0.2, 0.25) is 0 Å². The number of hydrogen-bond donors (Lipinski definition) is 1. The molecule has 0 aliphatic carbocycles. The van der Waals surface area contributed by atoms with Crippen molar-refractivity contribution in [3.63, 3.8) is 0 Å². The van der Waals surface area contributed by atoms with E-state index in [-0.39, 0.29) is 18.4 Å². The molecule has 0 amide bonds. The minimum atomic E-state index is -0.830. The number of rotatable bonds is 3. The van der Waals surface area contributed by atoms with Gasteiger partial charge in [-0.1, -0.05) is 19.4 Å². The molecule has 0 heterocycles. The van der Waals surface area contributed by atoms with Crippen LogP contribution in [0.4, 0.5) is 8.78 Å². The van der Waals surface area contributed by atoms with Crippen molar-refractivity contribution in [1.29, 1.82) is 0 Å². The Labute approximate surface area is 88.7 Å². The van der Waals surface area contributed by atoms with E-state index in [9.17, 15) is 8.78 Å². The van der Waals surface area contributed by atoms with Gasteiger partial charge in [0.25, 0.3) is 0 Å². The van der Waals surface area contributed by atoms with Crippen molar-refractivity contribution in [2.24, 2.45) is 5.73 Å². The summed E-state index contributed by atoms with van der Waals surface area (Å²) < 4.78 is 25.3. The monoisotopic (exact) mass is 221 g/mol. The molecule has 0 radical (unpaired) electrons. The van der Waals surface area contributed by atoms with Crippen LogP contribution in [-0.4, -0.2) is 0 Å². The second kappa shape index (κ2) is 5.94. The van der Waals surface area contributed by atoms with Crippen LogP contribution in [0.3, 0.4) is 0 Å². The van der Waals surface area contributed by atoms with Crippen LogP contribution in [0.1, 0.15) is 31.4 Å². The van der Waals surface area contributed by atoms with Gasteiger partial charge in [0.1, 0.15) is 0 Å². The number of benzene rings is 1. The Kier molecular flexibility index (Phi) is 5.65. The average Bonchev–Trinajstić information content (AvgIpc) is 2.10. The molecule has 1 nitrogen and oxygen atoms in total. The Morgan fingerprint density at radius 2 is 1.93 bits per heavy atom. The number of hydrogen-bond acceptors (Lipinski definition) is 1. The molecule has 1 rings (SSSR count). The van der Waals surface area contributed by atoms with E-state index in [2.05, 4.69) is 0 Å². The van der Waals surface area contributed by atoms with Crippen LogP contribution in [0, 0.1) is 11.6 Å². The molecule has 14 heavy (non-hydrogen) atoms. The predicted octanol–water partition coefficient (Wildman–Crippen LogP) is 3.19. The number of halogens is 3. The third-order valence-electron chi connectivity index (χ3n) is 1.97. The SMILES string of the molecule is CCC[C@H](N)c1ccc(F)c(F)c1.Cl. The standard InChI is InChI=1S/C10H13F2N.ClH/c1-2-3-10(13)7-4-5-8(11)9(12)6-7;/h4-6,10H,2-3,13H2,1H3;1H/t10-;/m0./s1. The summed E-state index contributed by atoms with van der Waals surface area (Å²) in [4.78, 5) is 0. The molecule has 0 fully saturated rings. The summed E-state index contributed by atoms with van der Waals surface area (Å²) in [7, 11) is 0. The summed E-state index contributed by atoms with van der Waals surface area (Å²) in [6.45, 7) is 2.00. The highest BCUT2D eigenvalue weighted by atomic mass is 35.5. The van der Waals surface area contributed by atoms with E-state index in [1.54, 1.807) is 0 Å². The van der Waals surface area contributed by atoms with Crippen molar-refractivity contribution < 1.29 is 8.78 Å². The quantitative estimate of drug-likeness (QED) is 0.834. The van der Waals surface area contributed by atoms with Crippen molar-refractivity contribution in [3.05, 3.63) is 35.4 Å².